The SMILES string of the molecule is CC.CC(=O)NC(Cc1ccc(CN)cc1)c1nnc(CC(N)=O)s1. The summed E-state index contributed by atoms with van der Waals surface area (Å²) in [6.45, 7) is 5.94. The Bertz CT molecular complexity index is 685. The lowest BCUT2D eigenvalue weighted by molar-refractivity contribution is -0.120. The van der Waals surface area contributed by atoms with E-state index in [0.717, 1.165) is 11.1 Å². The van der Waals surface area contributed by atoms with Crippen LogP contribution in [0.3, 0.4) is 0 Å². The van der Waals surface area contributed by atoms with Gasteiger partial charge in [0.25, 0.3) is 0 Å². The molecule has 1 aromatic heterocycles. The Hall–Kier alpha value is -2.32. The van der Waals surface area contributed by atoms with Crippen molar-refractivity contribution in [3.63, 3.8) is 0 Å². The lowest BCUT2D eigenvalue weighted by Gasteiger charge is -2.15. The van der Waals surface area contributed by atoms with Gasteiger partial charge in [-0.2, -0.15) is 0 Å². The number of nitrogens with one attached hydrogen (secondary N) is 1. The lowest BCUT2D eigenvalue weighted by Crippen LogP contribution is -2.27. The number of carbonyl (C=O) groups is 2. The van der Waals surface area contributed by atoms with Gasteiger partial charge in [-0.1, -0.05) is 49.4 Å². The standard InChI is InChI=1S/C15H19N5O2S.C2H6/c1-9(21)18-12(6-10-2-4-11(8-16)5-3-10)15-20-19-14(23-15)7-13(17)22;1-2/h2-5,12H,6-8,16H2,1H3,(H2,17,22)(H,18,21);1-2H3. The highest BCUT2D eigenvalue weighted by molar-refractivity contribution is 7.11. The number of nitrogens with zero attached hydrogens (tertiary/aromatic N) is 2. The number of benzene rings is 1. The predicted octanol–water partition coefficient (Wildman–Crippen LogP) is 1.47. The van der Waals surface area contributed by atoms with Gasteiger partial charge in [-0.05, 0) is 17.5 Å². The van der Waals surface area contributed by atoms with E-state index < -0.39 is 5.91 Å². The molecule has 0 saturated carbocycles. The van der Waals surface area contributed by atoms with Crippen LogP contribution in [0, 0.1) is 0 Å². The molecule has 0 spiro atoms. The van der Waals surface area contributed by atoms with Crippen LogP contribution < -0.4 is 16.8 Å². The molecule has 0 bridgehead atoms. The van der Waals surface area contributed by atoms with Gasteiger partial charge in [-0.25, -0.2) is 0 Å². The molecule has 0 aliphatic rings. The normalized spacial score (nSPS) is 11.2. The van der Waals surface area contributed by atoms with Crippen molar-refractivity contribution < 1.29 is 9.59 Å². The van der Waals surface area contributed by atoms with Crippen molar-refractivity contribution in [3.8, 4) is 0 Å². The smallest absolute Gasteiger partial charge is 0.224 e. The number of aromatic nitrogens is 2. The molecule has 2 rings (SSSR count). The summed E-state index contributed by atoms with van der Waals surface area (Å²) in [5.74, 6) is -0.610. The molecule has 25 heavy (non-hydrogen) atoms. The van der Waals surface area contributed by atoms with Gasteiger partial charge < -0.3 is 16.8 Å². The summed E-state index contributed by atoms with van der Waals surface area (Å²) in [5.41, 5.74) is 12.8. The van der Waals surface area contributed by atoms with Crippen LogP contribution in [0.2, 0.25) is 0 Å². The second-order valence-electron chi connectivity index (χ2n) is 5.15. The average Bonchev–Trinajstić information content (AvgIpc) is 3.04. The Morgan fingerprint density at radius 1 is 1.16 bits per heavy atom. The Morgan fingerprint density at radius 3 is 2.28 bits per heavy atom. The number of rotatable bonds is 7. The van der Waals surface area contributed by atoms with Gasteiger partial charge in [0.2, 0.25) is 11.8 Å². The molecule has 0 saturated heterocycles. The van der Waals surface area contributed by atoms with Gasteiger partial charge in [0, 0.05) is 13.5 Å². The van der Waals surface area contributed by atoms with Crippen molar-refractivity contribution in [2.45, 2.75) is 46.2 Å². The molecule has 1 heterocycles. The first-order valence-corrected chi connectivity index (χ1v) is 8.95. The first-order valence-electron chi connectivity index (χ1n) is 8.13. The molecule has 5 N–H and O–H groups in total. The molecule has 1 atom stereocenters. The Morgan fingerprint density at radius 2 is 1.76 bits per heavy atom. The third kappa shape index (κ3) is 6.98. The fraction of sp³-hybridized carbons (Fsp3) is 0.412. The summed E-state index contributed by atoms with van der Waals surface area (Å²) < 4.78 is 0. The fourth-order valence-electron chi connectivity index (χ4n) is 2.12. The van der Waals surface area contributed by atoms with E-state index in [1.54, 1.807) is 0 Å². The van der Waals surface area contributed by atoms with Gasteiger partial charge >= 0.3 is 0 Å². The number of hydrogen-bond acceptors (Lipinski definition) is 6. The zero-order chi connectivity index (χ0) is 18.8. The fourth-order valence-corrected chi connectivity index (χ4v) is 3.02. The van der Waals surface area contributed by atoms with Crippen molar-refractivity contribution in [3.05, 3.63) is 45.4 Å². The maximum Gasteiger partial charge on any atom is 0.224 e. The summed E-state index contributed by atoms with van der Waals surface area (Å²) in [4.78, 5) is 22.4. The number of primary amides is 1. The third-order valence-electron chi connectivity index (χ3n) is 3.18. The molecule has 0 radical (unpaired) electrons. The van der Waals surface area contributed by atoms with Crippen LogP contribution in [0.25, 0.3) is 0 Å². The summed E-state index contributed by atoms with van der Waals surface area (Å²) in [5, 5.41) is 12.1. The quantitative estimate of drug-likeness (QED) is 0.687. The Labute approximate surface area is 151 Å². The second-order valence-corrected chi connectivity index (χ2v) is 6.25. The monoisotopic (exact) mass is 363 g/mol. The molecule has 2 aromatic rings. The molecule has 1 unspecified atom stereocenters. The molecule has 2 amide bonds. The van der Waals surface area contributed by atoms with E-state index in [0.29, 0.717) is 23.0 Å². The molecule has 7 nitrogen and oxygen atoms in total. The number of amides is 2. The van der Waals surface area contributed by atoms with E-state index in [1.807, 2.05) is 38.1 Å². The number of carbonyl (C=O) groups excluding carboxylic acids is 2. The third-order valence-corrected chi connectivity index (χ3v) is 4.22. The van der Waals surface area contributed by atoms with Crippen LogP contribution in [0.5, 0.6) is 0 Å². The lowest BCUT2D eigenvalue weighted by atomic mass is 10.0. The number of hydrogen-bond donors (Lipinski definition) is 3. The van der Waals surface area contributed by atoms with Gasteiger partial charge in [0.15, 0.2) is 0 Å². The summed E-state index contributed by atoms with van der Waals surface area (Å²) in [6, 6.07) is 7.57. The van der Waals surface area contributed by atoms with Crippen LogP contribution in [-0.4, -0.2) is 22.0 Å². The van der Waals surface area contributed by atoms with Crippen LogP contribution in [0.4, 0.5) is 0 Å². The van der Waals surface area contributed by atoms with Crippen molar-refractivity contribution in [2.24, 2.45) is 11.5 Å². The van der Waals surface area contributed by atoms with Gasteiger partial charge in [-0.15, -0.1) is 10.2 Å². The first-order chi connectivity index (χ1) is 12.0. The maximum atomic E-state index is 11.5. The largest absolute Gasteiger partial charge is 0.369 e. The van der Waals surface area contributed by atoms with E-state index in [4.69, 9.17) is 11.5 Å². The molecule has 8 heteroatoms. The van der Waals surface area contributed by atoms with E-state index in [1.165, 1.54) is 18.3 Å². The molecular weight excluding hydrogens is 338 g/mol. The van der Waals surface area contributed by atoms with E-state index in [-0.39, 0.29) is 18.4 Å². The molecule has 136 valence electrons. The zero-order valence-corrected chi connectivity index (χ0v) is 15.6. The van der Waals surface area contributed by atoms with Crippen molar-refractivity contribution in [1.82, 2.24) is 15.5 Å². The molecule has 1 aromatic carbocycles. The van der Waals surface area contributed by atoms with Crippen LogP contribution >= 0.6 is 11.3 Å². The Balaban J connectivity index is 0.00000151. The maximum absolute atomic E-state index is 11.5. The minimum absolute atomic E-state index is 0.0512. The zero-order valence-electron chi connectivity index (χ0n) is 14.8. The van der Waals surface area contributed by atoms with Gasteiger partial charge in [-0.3, -0.25) is 9.59 Å². The average molecular weight is 363 g/mol. The van der Waals surface area contributed by atoms with Crippen LogP contribution in [-0.2, 0) is 29.0 Å². The second kappa shape index (κ2) is 10.5. The van der Waals surface area contributed by atoms with Gasteiger partial charge in [0.1, 0.15) is 10.0 Å². The van der Waals surface area contributed by atoms with Crippen molar-refractivity contribution in [1.29, 1.82) is 0 Å². The topological polar surface area (TPSA) is 124 Å². The van der Waals surface area contributed by atoms with Crippen molar-refractivity contribution in [2.75, 3.05) is 0 Å². The van der Waals surface area contributed by atoms with E-state index in [9.17, 15) is 9.59 Å². The number of nitrogens with two attached hydrogens (primary N) is 2. The van der Waals surface area contributed by atoms with E-state index >= 15 is 0 Å². The summed E-state index contributed by atoms with van der Waals surface area (Å²) in [7, 11) is 0. The Kier molecular flexibility index (Phi) is 8.73. The highest BCUT2D eigenvalue weighted by Crippen LogP contribution is 2.22. The van der Waals surface area contributed by atoms with Crippen LogP contribution in [0.1, 0.15) is 48.0 Å². The predicted molar refractivity (Wildman–Crippen MR) is 98.8 cm³/mol. The summed E-state index contributed by atoms with van der Waals surface area (Å²) >= 11 is 1.28. The van der Waals surface area contributed by atoms with Crippen molar-refractivity contribution >= 4 is 23.2 Å². The van der Waals surface area contributed by atoms with Crippen LogP contribution in [0.15, 0.2) is 24.3 Å². The highest BCUT2D eigenvalue weighted by atomic mass is 32.1. The molecular formula is C17H25N5O2S. The molecule has 0 aliphatic heterocycles. The van der Waals surface area contributed by atoms with E-state index in [2.05, 4.69) is 15.5 Å². The molecule has 0 fully saturated rings. The highest BCUT2D eigenvalue weighted by Gasteiger charge is 2.19. The summed E-state index contributed by atoms with van der Waals surface area (Å²) in [6.07, 6.45) is 0.630. The first kappa shape index (κ1) is 20.7. The molecule has 0 aliphatic carbocycles. The minimum atomic E-state index is -0.457. The minimum Gasteiger partial charge on any atom is -0.369 e. The van der Waals surface area contributed by atoms with Gasteiger partial charge in [0.05, 0.1) is 12.5 Å².